The molecule has 1 aromatic carbocycles. The van der Waals surface area contributed by atoms with Crippen molar-refractivity contribution in [3.63, 3.8) is 0 Å². The second-order valence-electron chi connectivity index (χ2n) is 4.77. The normalized spacial score (nSPS) is 21.6. The van der Waals surface area contributed by atoms with Crippen molar-refractivity contribution in [2.75, 3.05) is 38.1 Å². The van der Waals surface area contributed by atoms with Gasteiger partial charge < -0.3 is 10.1 Å². The highest BCUT2D eigenvalue weighted by Crippen LogP contribution is 2.08. The van der Waals surface area contributed by atoms with Gasteiger partial charge in [0.05, 0.1) is 6.10 Å². The lowest BCUT2D eigenvalue weighted by Gasteiger charge is -2.22. The number of hydrogen-bond acceptors (Lipinski definition) is 3. The van der Waals surface area contributed by atoms with E-state index in [2.05, 4.69) is 17.1 Å². The van der Waals surface area contributed by atoms with Crippen molar-refractivity contribution < 1.29 is 9.13 Å². The Bertz CT molecular complexity index is 355. The number of ether oxygens (including phenoxy) is 1. The molecular weight excluding hydrogens is 231 g/mol. The maximum Gasteiger partial charge on any atom is 0.123 e. The van der Waals surface area contributed by atoms with Crippen LogP contribution in [0.2, 0.25) is 0 Å². The molecule has 0 radical (unpaired) electrons. The van der Waals surface area contributed by atoms with Crippen LogP contribution in [0, 0.1) is 5.82 Å². The summed E-state index contributed by atoms with van der Waals surface area (Å²) in [5.41, 5.74) is 0.968. The van der Waals surface area contributed by atoms with Crippen LogP contribution in [0.1, 0.15) is 13.3 Å². The topological polar surface area (TPSA) is 24.5 Å². The Balaban J connectivity index is 1.72. The zero-order chi connectivity index (χ0) is 12.8. The smallest absolute Gasteiger partial charge is 0.123 e. The third-order valence-corrected chi connectivity index (χ3v) is 3.14. The number of hydrogen-bond donors (Lipinski definition) is 1. The monoisotopic (exact) mass is 252 g/mol. The lowest BCUT2D eigenvalue weighted by molar-refractivity contribution is 0.0683. The molecule has 0 saturated carbocycles. The highest BCUT2D eigenvalue weighted by Gasteiger charge is 2.13. The lowest BCUT2D eigenvalue weighted by Crippen LogP contribution is -2.34. The molecule has 1 unspecified atom stereocenters. The molecule has 1 heterocycles. The van der Waals surface area contributed by atoms with E-state index in [4.69, 9.17) is 4.74 Å². The van der Waals surface area contributed by atoms with E-state index in [1.54, 1.807) is 12.1 Å². The van der Waals surface area contributed by atoms with Gasteiger partial charge in [0.15, 0.2) is 0 Å². The molecule has 3 nitrogen and oxygen atoms in total. The van der Waals surface area contributed by atoms with Gasteiger partial charge in [-0.15, -0.1) is 0 Å². The maximum atomic E-state index is 12.7. The van der Waals surface area contributed by atoms with Gasteiger partial charge in [0.1, 0.15) is 5.82 Å². The minimum atomic E-state index is -0.195. The van der Waals surface area contributed by atoms with Gasteiger partial charge in [-0.1, -0.05) is 0 Å². The molecule has 0 aliphatic carbocycles. The van der Waals surface area contributed by atoms with Crippen LogP contribution < -0.4 is 5.32 Å². The number of halogens is 1. The molecule has 1 aromatic rings. The fraction of sp³-hybridized carbons (Fsp3) is 0.571. The van der Waals surface area contributed by atoms with Gasteiger partial charge in [0.25, 0.3) is 0 Å². The van der Waals surface area contributed by atoms with Crippen molar-refractivity contribution >= 4 is 5.69 Å². The highest BCUT2D eigenvalue weighted by molar-refractivity contribution is 5.42. The zero-order valence-electron chi connectivity index (χ0n) is 10.9. The molecule has 0 aromatic heterocycles. The second kappa shape index (κ2) is 6.71. The Morgan fingerprint density at radius 3 is 2.94 bits per heavy atom. The SMILES string of the molecule is CC1CN(CCNc2ccc(F)cc2)CCCO1. The van der Waals surface area contributed by atoms with E-state index in [-0.39, 0.29) is 5.82 Å². The first-order valence-corrected chi connectivity index (χ1v) is 6.57. The third-order valence-electron chi connectivity index (χ3n) is 3.14. The Hall–Kier alpha value is -1.13. The predicted molar refractivity (Wildman–Crippen MR) is 71.4 cm³/mol. The quantitative estimate of drug-likeness (QED) is 0.890. The predicted octanol–water partition coefficient (Wildman–Crippen LogP) is 2.35. The van der Waals surface area contributed by atoms with Gasteiger partial charge in [-0.05, 0) is 37.6 Å². The van der Waals surface area contributed by atoms with Crippen molar-refractivity contribution in [3.8, 4) is 0 Å². The van der Waals surface area contributed by atoms with E-state index >= 15 is 0 Å². The molecule has 4 heteroatoms. The summed E-state index contributed by atoms with van der Waals surface area (Å²) in [5.74, 6) is -0.195. The summed E-state index contributed by atoms with van der Waals surface area (Å²) in [6, 6.07) is 6.49. The number of benzene rings is 1. The van der Waals surface area contributed by atoms with Crippen LogP contribution in [0.3, 0.4) is 0 Å². The maximum absolute atomic E-state index is 12.7. The van der Waals surface area contributed by atoms with Gasteiger partial charge in [-0.3, -0.25) is 4.90 Å². The first-order valence-electron chi connectivity index (χ1n) is 6.57. The molecule has 1 aliphatic heterocycles. The lowest BCUT2D eigenvalue weighted by atomic mass is 10.3. The largest absolute Gasteiger partial charge is 0.384 e. The molecule has 1 aliphatic rings. The summed E-state index contributed by atoms with van der Waals surface area (Å²) in [6.07, 6.45) is 1.42. The number of nitrogens with one attached hydrogen (secondary N) is 1. The average Bonchev–Trinajstić information content (AvgIpc) is 2.56. The fourth-order valence-corrected chi connectivity index (χ4v) is 2.21. The molecule has 1 N–H and O–H groups in total. The van der Waals surface area contributed by atoms with E-state index in [0.29, 0.717) is 6.10 Å². The molecule has 2 rings (SSSR count). The number of nitrogens with zero attached hydrogens (tertiary/aromatic N) is 1. The van der Waals surface area contributed by atoms with Crippen molar-refractivity contribution in [2.45, 2.75) is 19.4 Å². The third kappa shape index (κ3) is 4.27. The van der Waals surface area contributed by atoms with Gasteiger partial charge in [-0.2, -0.15) is 0 Å². The van der Waals surface area contributed by atoms with E-state index in [0.717, 1.165) is 44.9 Å². The van der Waals surface area contributed by atoms with Crippen LogP contribution in [0.15, 0.2) is 24.3 Å². The first-order chi connectivity index (χ1) is 8.74. The summed E-state index contributed by atoms with van der Waals surface area (Å²) in [6.45, 7) is 6.93. The van der Waals surface area contributed by atoms with Crippen molar-refractivity contribution in [3.05, 3.63) is 30.1 Å². The fourth-order valence-electron chi connectivity index (χ4n) is 2.21. The van der Waals surface area contributed by atoms with Gasteiger partial charge in [0.2, 0.25) is 0 Å². The summed E-state index contributed by atoms with van der Waals surface area (Å²) >= 11 is 0. The van der Waals surface area contributed by atoms with Gasteiger partial charge >= 0.3 is 0 Å². The standard InChI is InChI=1S/C14H21FN2O/c1-12-11-17(8-2-10-18-12)9-7-16-14-5-3-13(15)4-6-14/h3-6,12,16H,2,7-11H2,1H3. The molecular formula is C14H21FN2O. The van der Waals surface area contributed by atoms with E-state index in [9.17, 15) is 4.39 Å². The van der Waals surface area contributed by atoms with Crippen molar-refractivity contribution in [1.29, 1.82) is 0 Å². The van der Waals surface area contributed by atoms with E-state index in [1.807, 2.05) is 0 Å². The Labute approximate surface area is 108 Å². The van der Waals surface area contributed by atoms with Crippen LogP contribution >= 0.6 is 0 Å². The molecule has 0 amide bonds. The second-order valence-corrected chi connectivity index (χ2v) is 4.77. The molecule has 1 atom stereocenters. The Morgan fingerprint density at radius 1 is 1.39 bits per heavy atom. The molecule has 1 saturated heterocycles. The van der Waals surface area contributed by atoms with Crippen molar-refractivity contribution in [1.82, 2.24) is 4.90 Å². The van der Waals surface area contributed by atoms with Crippen LogP contribution in [0.25, 0.3) is 0 Å². The number of anilines is 1. The first kappa shape index (κ1) is 13.3. The molecule has 0 bridgehead atoms. The highest BCUT2D eigenvalue weighted by atomic mass is 19.1. The molecule has 1 fully saturated rings. The summed E-state index contributed by atoms with van der Waals surface area (Å²) in [4.78, 5) is 2.41. The van der Waals surface area contributed by atoms with Crippen molar-refractivity contribution in [2.24, 2.45) is 0 Å². The summed E-state index contributed by atoms with van der Waals surface area (Å²) < 4.78 is 18.3. The van der Waals surface area contributed by atoms with E-state index < -0.39 is 0 Å². The molecule has 18 heavy (non-hydrogen) atoms. The summed E-state index contributed by atoms with van der Waals surface area (Å²) in [7, 11) is 0. The van der Waals surface area contributed by atoms with Crippen LogP contribution in [-0.4, -0.2) is 43.8 Å². The zero-order valence-corrected chi connectivity index (χ0v) is 10.9. The van der Waals surface area contributed by atoms with Crippen LogP contribution in [0.5, 0.6) is 0 Å². The number of rotatable bonds is 4. The average molecular weight is 252 g/mol. The Morgan fingerprint density at radius 2 is 2.17 bits per heavy atom. The minimum absolute atomic E-state index is 0.195. The molecule has 100 valence electrons. The van der Waals surface area contributed by atoms with Gasteiger partial charge in [-0.25, -0.2) is 4.39 Å². The van der Waals surface area contributed by atoms with E-state index in [1.165, 1.54) is 12.1 Å². The van der Waals surface area contributed by atoms with Crippen LogP contribution in [0.4, 0.5) is 10.1 Å². The minimum Gasteiger partial charge on any atom is -0.384 e. The van der Waals surface area contributed by atoms with Gasteiger partial charge in [0, 0.05) is 38.5 Å². The molecule has 0 spiro atoms. The summed E-state index contributed by atoms with van der Waals surface area (Å²) in [5, 5.41) is 3.31. The van der Waals surface area contributed by atoms with Crippen LogP contribution in [-0.2, 0) is 4.74 Å². The Kier molecular flexibility index (Phi) is 4.96.